The average Bonchev–Trinajstić information content (AvgIpc) is 2.27. The van der Waals surface area contributed by atoms with Gasteiger partial charge in [0.05, 0.1) is 4.47 Å². The number of nitrogen functional groups attached to an aromatic ring is 1. The van der Waals surface area contributed by atoms with Crippen molar-refractivity contribution in [1.29, 1.82) is 0 Å². The highest BCUT2D eigenvalue weighted by atomic mass is 79.9. The van der Waals surface area contributed by atoms with Gasteiger partial charge in [0.1, 0.15) is 5.03 Å². The highest BCUT2D eigenvalue weighted by molar-refractivity contribution is 9.10. The summed E-state index contributed by atoms with van der Waals surface area (Å²) in [5.41, 5.74) is 8.08. The van der Waals surface area contributed by atoms with Crippen LogP contribution in [0.25, 0.3) is 0 Å². The van der Waals surface area contributed by atoms with Crippen LogP contribution < -0.4 is 5.73 Å². The fourth-order valence-electron chi connectivity index (χ4n) is 1.45. The third kappa shape index (κ3) is 2.98. The Bertz CT molecular complexity index is 557. The fraction of sp³-hybridized carbons (Fsp3) is 0.167. The molecule has 1 heterocycles. The van der Waals surface area contributed by atoms with E-state index in [9.17, 15) is 0 Å². The van der Waals surface area contributed by atoms with Gasteiger partial charge in [-0.05, 0) is 41.4 Å². The molecule has 0 saturated heterocycles. The molecule has 0 unspecified atom stereocenters. The predicted octanol–water partition coefficient (Wildman–Crippen LogP) is 3.59. The second kappa shape index (κ2) is 5.06. The smallest absolute Gasteiger partial charge is 0.221 e. The maximum absolute atomic E-state index is 5.59. The van der Waals surface area contributed by atoms with Crippen LogP contribution in [0, 0.1) is 13.8 Å². The molecule has 17 heavy (non-hydrogen) atoms. The zero-order valence-electron chi connectivity index (χ0n) is 9.57. The van der Waals surface area contributed by atoms with E-state index in [1.807, 2.05) is 0 Å². The van der Waals surface area contributed by atoms with Crippen LogP contribution >= 0.6 is 27.7 Å². The lowest BCUT2D eigenvalue weighted by molar-refractivity contribution is 1.04. The second-order valence-electron chi connectivity index (χ2n) is 3.75. The van der Waals surface area contributed by atoms with Crippen molar-refractivity contribution < 1.29 is 0 Å². The zero-order valence-corrected chi connectivity index (χ0v) is 12.0. The Hall–Kier alpha value is -1.07. The maximum Gasteiger partial charge on any atom is 0.221 e. The summed E-state index contributed by atoms with van der Waals surface area (Å²) in [4.78, 5) is 9.31. The van der Waals surface area contributed by atoms with Crippen molar-refractivity contribution in [3.8, 4) is 0 Å². The van der Waals surface area contributed by atoms with Crippen molar-refractivity contribution in [2.24, 2.45) is 0 Å². The Morgan fingerprint density at radius 1 is 1.29 bits per heavy atom. The van der Waals surface area contributed by atoms with Crippen molar-refractivity contribution in [2.45, 2.75) is 23.8 Å². The molecule has 2 aromatic rings. The average molecular weight is 310 g/mol. The van der Waals surface area contributed by atoms with E-state index in [0.717, 1.165) is 9.50 Å². The van der Waals surface area contributed by atoms with Crippen LogP contribution in [0.5, 0.6) is 0 Å². The molecule has 0 amide bonds. The van der Waals surface area contributed by atoms with Gasteiger partial charge in [0.2, 0.25) is 5.95 Å². The topological polar surface area (TPSA) is 51.8 Å². The van der Waals surface area contributed by atoms with E-state index in [2.05, 4.69) is 57.9 Å². The number of aromatic nitrogens is 2. The summed E-state index contributed by atoms with van der Waals surface area (Å²) in [6.45, 7) is 4.17. The van der Waals surface area contributed by atoms with Gasteiger partial charge in [-0.25, -0.2) is 9.97 Å². The summed E-state index contributed by atoms with van der Waals surface area (Å²) in [7, 11) is 0. The first kappa shape index (κ1) is 12.4. The molecule has 0 aliphatic heterocycles. The summed E-state index contributed by atoms with van der Waals surface area (Å²) in [5.74, 6) is 0.292. The summed E-state index contributed by atoms with van der Waals surface area (Å²) in [5, 5.41) is 0.837. The molecule has 3 nitrogen and oxygen atoms in total. The number of rotatable bonds is 2. The number of hydrogen-bond acceptors (Lipinski definition) is 4. The summed E-state index contributed by atoms with van der Waals surface area (Å²) in [6, 6.07) is 6.34. The van der Waals surface area contributed by atoms with E-state index >= 15 is 0 Å². The largest absolute Gasteiger partial charge is 0.368 e. The Morgan fingerprint density at radius 3 is 2.76 bits per heavy atom. The van der Waals surface area contributed by atoms with Crippen LogP contribution in [-0.4, -0.2) is 9.97 Å². The molecule has 5 heteroatoms. The van der Waals surface area contributed by atoms with E-state index in [-0.39, 0.29) is 0 Å². The van der Waals surface area contributed by atoms with Gasteiger partial charge in [-0.2, -0.15) is 0 Å². The predicted molar refractivity (Wildman–Crippen MR) is 74.2 cm³/mol. The van der Waals surface area contributed by atoms with E-state index in [0.29, 0.717) is 5.95 Å². The Kier molecular flexibility index (Phi) is 3.69. The number of halogens is 1. The number of aryl methyl sites for hydroxylation is 2. The van der Waals surface area contributed by atoms with Gasteiger partial charge in [0, 0.05) is 11.1 Å². The highest BCUT2D eigenvalue weighted by Gasteiger charge is 2.07. The molecule has 1 aromatic carbocycles. The van der Waals surface area contributed by atoms with Crippen molar-refractivity contribution >= 4 is 33.6 Å². The third-order valence-electron chi connectivity index (χ3n) is 2.27. The van der Waals surface area contributed by atoms with Crippen molar-refractivity contribution in [3.05, 3.63) is 40.0 Å². The Balaban J connectivity index is 2.34. The fourth-order valence-corrected chi connectivity index (χ4v) is 2.74. The van der Waals surface area contributed by atoms with Crippen LogP contribution in [0.4, 0.5) is 5.95 Å². The lowest BCUT2D eigenvalue weighted by Crippen LogP contribution is -1.96. The minimum absolute atomic E-state index is 0.292. The monoisotopic (exact) mass is 309 g/mol. The molecule has 1 aromatic heterocycles. The summed E-state index contributed by atoms with van der Waals surface area (Å²) in [6.07, 6.45) is 1.67. The number of nitrogens with zero attached hydrogens (tertiary/aromatic N) is 2. The second-order valence-corrected chi connectivity index (χ2v) is 5.64. The minimum atomic E-state index is 0.292. The first-order valence-corrected chi connectivity index (χ1v) is 6.70. The maximum atomic E-state index is 5.59. The van der Waals surface area contributed by atoms with Crippen molar-refractivity contribution in [1.82, 2.24) is 9.97 Å². The van der Waals surface area contributed by atoms with Crippen molar-refractivity contribution in [2.75, 3.05) is 5.73 Å². The van der Waals surface area contributed by atoms with E-state index in [1.165, 1.54) is 16.0 Å². The lowest BCUT2D eigenvalue weighted by Gasteiger charge is -2.07. The van der Waals surface area contributed by atoms with Gasteiger partial charge >= 0.3 is 0 Å². The van der Waals surface area contributed by atoms with Gasteiger partial charge in [0.25, 0.3) is 0 Å². The number of hydrogen-bond donors (Lipinski definition) is 1. The molecule has 2 rings (SSSR count). The first-order valence-electron chi connectivity index (χ1n) is 5.09. The van der Waals surface area contributed by atoms with Crippen LogP contribution in [0.15, 0.2) is 38.8 Å². The molecular formula is C12H12BrN3S. The minimum Gasteiger partial charge on any atom is -0.368 e. The van der Waals surface area contributed by atoms with E-state index < -0.39 is 0 Å². The van der Waals surface area contributed by atoms with Gasteiger partial charge in [-0.3, -0.25) is 0 Å². The van der Waals surface area contributed by atoms with E-state index in [1.54, 1.807) is 18.0 Å². The van der Waals surface area contributed by atoms with Crippen LogP contribution in [-0.2, 0) is 0 Å². The molecule has 0 bridgehead atoms. The van der Waals surface area contributed by atoms with Gasteiger partial charge in [-0.1, -0.05) is 29.5 Å². The first-order chi connectivity index (χ1) is 8.06. The zero-order chi connectivity index (χ0) is 12.4. The molecule has 0 aliphatic carbocycles. The quantitative estimate of drug-likeness (QED) is 0.861. The molecule has 0 aliphatic rings. The number of anilines is 1. The standard InChI is InChI=1S/C12H12BrN3S/c1-7-3-4-10(8(2)5-7)17-11-9(13)6-15-12(14)16-11/h3-6H,1-2H3,(H2,14,15,16). The molecule has 88 valence electrons. The normalized spacial score (nSPS) is 10.5. The summed E-state index contributed by atoms with van der Waals surface area (Å²) >= 11 is 5.01. The Morgan fingerprint density at radius 2 is 2.06 bits per heavy atom. The molecule has 0 atom stereocenters. The lowest BCUT2D eigenvalue weighted by atomic mass is 10.2. The van der Waals surface area contributed by atoms with Crippen LogP contribution in [0.2, 0.25) is 0 Å². The van der Waals surface area contributed by atoms with Crippen LogP contribution in [0.3, 0.4) is 0 Å². The Labute approximate surface area is 113 Å². The van der Waals surface area contributed by atoms with Crippen molar-refractivity contribution in [3.63, 3.8) is 0 Å². The van der Waals surface area contributed by atoms with Gasteiger partial charge in [-0.15, -0.1) is 0 Å². The number of nitrogens with two attached hydrogens (primary N) is 1. The molecular weight excluding hydrogens is 298 g/mol. The van der Waals surface area contributed by atoms with Gasteiger partial charge in [0.15, 0.2) is 0 Å². The molecule has 0 saturated carbocycles. The van der Waals surface area contributed by atoms with Crippen LogP contribution in [0.1, 0.15) is 11.1 Å². The summed E-state index contributed by atoms with van der Waals surface area (Å²) < 4.78 is 0.858. The molecule has 0 fully saturated rings. The number of benzene rings is 1. The highest BCUT2D eigenvalue weighted by Crippen LogP contribution is 2.33. The SMILES string of the molecule is Cc1ccc(Sc2nc(N)ncc2Br)c(C)c1. The third-order valence-corrected chi connectivity index (χ3v) is 4.29. The molecule has 0 radical (unpaired) electrons. The van der Waals surface area contributed by atoms with E-state index in [4.69, 9.17) is 5.73 Å². The molecule has 0 spiro atoms. The van der Waals surface area contributed by atoms with Gasteiger partial charge < -0.3 is 5.73 Å². The molecule has 2 N–H and O–H groups in total.